The third-order valence-corrected chi connectivity index (χ3v) is 3.60. The van der Waals surface area contributed by atoms with E-state index in [9.17, 15) is 4.79 Å². The summed E-state index contributed by atoms with van der Waals surface area (Å²) in [7, 11) is 1.40. The van der Waals surface area contributed by atoms with Crippen molar-refractivity contribution in [3.8, 4) is 5.75 Å². The molecule has 2 aromatic carbocycles. The van der Waals surface area contributed by atoms with E-state index in [1.165, 1.54) is 12.7 Å². The Balaban J connectivity index is 1.75. The fourth-order valence-corrected chi connectivity index (χ4v) is 2.48. The van der Waals surface area contributed by atoms with Gasteiger partial charge in [0.15, 0.2) is 0 Å². The first-order chi connectivity index (χ1) is 10.3. The molecule has 0 atom stereocenters. The Hall–Kier alpha value is -2.49. The standard InChI is InChI=1S/C17H17NO3/c1-20-17(19)15-5-3-2-4-13(15)11-18-14-6-7-16-12(10-14)8-9-21-16/h2-7,10,18H,8-9,11H2,1H3. The van der Waals surface area contributed by atoms with Gasteiger partial charge in [-0.3, -0.25) is 0 Å². The molecule has 0 unspecified atom stereocenters. The molecule has 0 saturated carbocycles. The minimum atomic E-state index is -0.310. The molecule has 21 heavy (non-hydrogen) atoms. The quantitative estimate of drug-likeness (QED) is 0.876. The maximum Gasteiger partial charge on any atom is 0.338 e. The number of hydrogen-bond donors (Lipinski definition) is 1. The highest BCUT2D eigenvalue weighted by Crippen LogP contribution is 2.28. The molecule has 1 aliphatic heterocycles. The second-order valence-electron chi connectivity index (χ2n) is 4.92. The van der Waals surface area contributed by atoms with Gasteiger partial charge in [-0.1, -0.05) is 18.2 Å². The Bertz CT molecular complexity index is 667. The van der Waals surface area contributed by atoms with Crippen LogP contribution in [0.15, 0.2) is 42.5 Å². The number of nitrogens with one attached hydrogen (secondary N) is 1. The summed E-state index contributed by atoms with van der Waals surface area (Å²) in [5.41, 5.74) is 3.76. The van der Waals surface area contributed by atoms with E-state index in [2.05, 4.69) is 11.4 Å². The third kappa shape index (κ3) is 2.84. The molecule has 0 bridgehead atoms. The van der Waals surface area contributed by atoms with Gasteiger partial charge in [0.05, 0.1) is 19.3 Å². The van der Waals surface area contributed by atoms with Gasteiger partial charge in [-0.05, 0) is 35.4 Å². The van der Waals surface area contributed by atoms with Crippen LogP contribution in [0.25, 0.3) is 0 Å². The molecule has 0 saturated heterocycles. The van der Waals surface area contributed by atoms with Gasteiger partial charge >= 0.3 is 5.97 Å². The number of esters is 1. The van der Waals surface area contributed by atoms with Crippen LogP contribution in [0, 0.1) is 0 Å². The Morgan fingerprint density at radius 3 is 3.00 bits per heavy atom. The molecule has 0 radical (unpaired) electrons. The first-order valence-electron chi connectivity index (χ1n) is 6.94. The molecule has 0 spiro atoms. The molecule has 0 aliphatic carbocycles. The van der Waals surface area contributed by atoms with E-state index in [-0.39, 0.29) is 5.97 Å². The largest absolute Gasteiger partial charge is 0.493 e. The second kappa shape index (κ2) is 5.87. The summed E-state index contributed by atoms with van der Waals surface area (Å²) >= 11 is 0. The first kappa shape index (κ1) is 13.5. The van der Waals surface area contributed by atoms with Crippen molar-refractivity contribution in [1.29, 1.82) is 0 Å². The van der Waals surface area contributed by atoms with Gasteiger partial charge in [0.2, 0.25) is 0 Å². The highest BCUT2D eigenvalue weighted by atomic mass is 16.5. The number of ether oxygens (including phenoxy) is 2. The minimum absolute atomic E-state index is 0.310. The maximum absolute atomic E-state index is 11.7. The van der Waals surface area contributed by atoms with Gasteiger partial charge in [0.1, 0.15) is 5.75 Å². The smallest absolute Gasteiger partial charge is 0.338 e. The van der Waals surface area contributed by atoms with Crippen LogP contribution in [0.3, 0.4) is 0 Å². The average Bonchev–Trinajstić information content (AvgIpc) is 3.00. The van der Waals surface area contributed by atoms with Gasteiger partial charge in [0.25, 0.3) is 0 Å². The summed E-state index contributed by atoms with van der Waals surface area (Å²) in [4.78, 5) is 11.7. The molecular formula is C17H17NO3. The lowest BCUT2D eigenvalue weighted by molar-refractivity contribution is 0.0599. The zero-order chi connectivity index (χ0) is 14.7. The van der Waals surface area contributed by atoms with Crippen LogP contribution in [-0.2, 0) is 17.7 Å². The molecule has 108 valence electrons. The molecule has 0 aromatic heterocycles. The molecule has 4 heteroatoms. The van der Waals surface area contributed by atoms with Crippen molar-refractivity contribution >= 4 is 11.7 Å². The number of hydrogen-bond acceptors (Lipinski definition) is 4. The first-order valence-corrected chi connectivity index (χ1v) is 6.94. The van der Waals surface area contributed by atoms with Gasteiger partial charge in [-0.25, -0.2) is 4.79 Å². The summed E-state index contributed by atoms with van der Waals surface area (Å²) in [5.74, 6) is 0.658. The van der Waals surface area contributed by atoms with Crippen LogP contribution in [0.4, 0.5) is 5.69 Å². The zero-order valence-electron chi connectivity index (χ0n) is 11.9. The summed E-state index contributed by atoms with van der Waals surface area (Å²) in [6.45, 7) is 1.33. The fraction of sp³-hybridized carbons (Fsp3) is 0.235. The number of rotatable bonds is 4. The molecule has 1 heterocycles. The van der Waals surface area contributed by atoms with Gasteiger partial charge in [-0.15, -0.1) is 0 Å². The van der Waals surface area contributed by atoms with Crippen LogP contribution >= 0.6 is 0 Å². The van der Waals surface area contributed by atoms with Crippen molar-refractivity contribution in [2.24, 2.45) is 0 Å². The number of methoxy groups -OCH3 is 1. The highest BCUT2D eigenvalue weighted by Gasteiger charge is 2.13. The van der Waals surface area contributed by atoms with Crippen molar-refractivity contribution in [1.82, 2.24) is 0 Å². The molecular weight excluding hydrogens is 266 g/mol. The molecule has 1 aliphatic rings. The van der Waals surface area contributed by atoms with Crippen molar-refractivity contribution in [2.45, 2.75) is 13.0 Å². The second-order valence-corrected chi connectivity index (χ2v) is 4.92. The summed E-state index contributed by atoms with van der Waals surface area (Å²) in [6.07, 6.45) is 0.948. The zero-order valence-corrected chi connectivity index (χ0v) is 11.9. The van der Waals surface area contributed by atoms with Crippen LogP contribution in [0.5, 0.6) is 5.75 Å². The van der Waals surface area contributed by atoms with Gasteiger partial charge in [0, 0.05) is 18.7 Å². The van der Waals surface area contributed by atoms with Crippen LogP contribution in [-0.4, -0.2) is 19.7 Å². The van der Waals surface area contributed by atoms with E-state index in [1.54, 1.807) is 6.07 Å². The normalized spacial score (nSPS) is 12.4. The Morgan fingerprint density at radius 1 is 1.29 bits per heavy atom. The van der Waals surface area contributed by atoms with E-state index in [0.717, 1.165) is 30.0 Å². The van der Waals surface area contributed by atoms with Crippen molar-refractivity contribution in [3.05, 3.63) is 59.2 Å². The summed E-state index contributed by atoms with van der Waals surface area (Å²) < 4.78 is 10.3. The van der Waals surface area contributed by atoms with Crippen molar-refractivity contribution in [3.63, 3.8) is 0 Å². The molecule has 2 aromatic rings. The number of fused-ring (bicyclic) bond motifs is 1. The van der Waals surface area contributed by atoms with E-state index in [4.69, 9.17) is 9.47 Å². The SMILES string of the molecule is COC(=O)c1ccccc1CNc1ccc2c(c1)CCO2. The van der Waals surface area contributed by atoms with Gasteiger partial charge < -0.3 is 14.8 Å². The summed E-state index contributed by atoms with van der Waals surface area (Å²) in [6, 6.07) is 13.5. The van der Waals surface area contributed by atoms with Crippen LogP contribution < -0.4 is 10.1 Å². The number of carbonyl (C=O) groups excluding carboxylic acids is 1. The fourth-order valence-electron chi connectivity index (χ4n) is 2.48. The monoisotopic (exact) mass is 283 g/mol. The Morgan fingerprint density at radius 2 is 2.14 bits per heavy atom. The lowest BCUT2D eigenvalue weighted by atomic mass is 10.1. The van der Waals surface area contributed by atoms with E-state index in [0.29, 0.717) is 12.1 Å². The summed E-state index contributed by atoms with van der Waals surface area (Å²) in [5, 5.41) is 3.35. The van der Waals surface area contributed by atoms with E-state index < -0.39 is 0 Å². The minimum Gasteiger partial charge on any atom is -0.493 e. The van der Waals surface area contributed by atoms with E-state index >= 15 is 0 Å². The number of anilines is 1. The molecule has 0 fully saturated rings. The van der Waals surface area contributed by atoms with Crippen LogP contribution in [0.1, 0.15) is 21.5 Å². The topological polar surface area (TPSA) is 47.6 Å². The molecule has 4 nitrogen and oxygen atoms in total. The van der Waals surface area contributed by atoms with Gasteiger partial charge in [-0.2, -0.15) is 0 Å². The Labute approximate surface area is 123 Å². The predicted molar refractivity (Wildman–Crippen MR) is 80.7 cm³/mol. The lowest BCUT2D eigenvalue weighted by Crippen LogP contribution is -2.09. The third-order valence-electron chi connectivity index (χ3n) is 3.60. The Kier molecular flexibility index (Phi) is 3.77. The lowest BCUT2D eigenvalue weighted by Gasteiger charge is -2.11. The van der Waals surface area contributed by atoms with Crippen molar-refractivity contribution in [2.75, 3.05) is 19.0 Å². The van der Waals surface area contributed by atoms with Crippen LogP contribution in [0.2, 0.25) is 0 Å². The molecule has 1 N–H and O–H groups in total. The van der Waals surface area contributed by atoms with Crippen molar-refractivity contribution < 1.29 is 14.3 Å². The average molecular weight is 283 g/mol. The molecule has 0 amide bonds. The predicted octanol–water partition coefficient (Wildman–Crippen LogP) is 3.02. The number of benzene rings is 2. The maximum atomic E-state index is 11.7. The van der Waals surface area contributed by atoms with E-state index in [1.807, 2.05) is 30.3 Å². The molecule has 3 rings (SSSR count). The highest BCUT2D eigenvalue weighted by molar-refractivity contribution is 5.91. The number of carbonyl (C=O) groups is 1.